The van der Waals surface area contributed by atoms with Crippen LogP contribution in [0.3, 0.4) is 0 Å². The van der Waals surface area contributed by atoms with Gasteiger partial charge in [-0.25, -0.2) is 0 Å². The molecule has 0 aliphatic carbocycles. The van der Waals surface area contributed by atoms with Crippen molar-refractivity contribution in [2.75, 3.05) is 0 Å². The summed E-state index contributed by atoms with van der Waals surface area (Å²) in [7, 11) is 0. The first-order valence-electron chi connectivity index (χ1n) is 7.19. The Labute approximate surface area is 125 Å². The lowest BCUT2D eigenvalue weighted by atomic mass is 10.0. The predicted octanol–water partition coefficient (Wildman–Crippen LogP) is 0.996. The molecule has 4 N–H and O–H groups in total. The molecule has 0 aliphatic rings. The molecule has 0 aromatic heterocycles. The van der Waals surface area contributed by atoms with Gasteiger partial charge in [0.05, 0.1) is 12.5 Å². The van der Waals surface area contributed by atoms with Crippen LogP contribution in [0, 0.1) is 5.92 Å². The van der Waals surface area contributed by atoms with Gasteiger partial charge < -0.3 is 16.2 Å². The van der Waals surface area contributed by atoms with Crippen LogP contribution in [0.5, 0.6) is 0 Å². The molecule has 116 valence electrons. The van der Waals surface area contributed by atoms with Crippen molar-refractivity contribution in [3.05, 3.63) is 35.9 Å². The fourth-order valence-electron chi connectivity index (χ4n) is 2.17. The molecule has 1 aromatic carbocycles. The quantitative estimate of drug-likeness (QED) is 0.667. The standard InChI is InChI=1S/C16H24N2O3/c1-11(2)8-13(19)10-15(20)18-14(16(17)21)9-12-6-4-3-5-7-12/h3-7,11,13-14,19H,8-10H2,1-2H3,(H2,17,21)(H,18,20)/t13-,14-/m0/s1. The number of carbonyl (C=O) groups is 2. The maximum Gasteiger partial charge on any atom is 0.240 e. The Bertz CT molecular complexity index is 460. The van der Waals surface area contributed by atoms with Gasteiger partial charge in [-0.05, 0) is 17.9 Å². The number of hydrogen-bond donors (Lipinski definition) is 3. The zero-order chi connectivity index (χ0) is 15.8. The Hall–Kier alpha value is -1.88. The van der Waals surface area contributed by atoms with Crippen molar-refractivity contribution in [1.29, 1.82) is 0 Å². The molecular formula is C16H24N2O3. The summed E-state index contributed by atoms with van der Waals surface area (Å²) >= 11 is 0. The number of aliphatic hydroxyl groups is 1. The van der Waals surface area contributed by atoms with E-state index >= 15 is 0 Å². The van der Waals surface area contributed by atoms with E-state index in [9.17, 15) is 14.7 Å². The van der Waals surface area contributed by atoms with Crippen LogP contribution >= 0.6 is 0 Å². The van der Waals surface area contributed by atoms with Crippen molar-refractivity contribution in [2.45, 2.75) is 45.3 Å². The maximum atomic E-state index is 11.9. The summed E-state index contributed by atoms with van der Waals surface area (Å²) in [6.07, 6.45) is 0.182. The minimum Gasteiger partial charge on any atom is -0.393 e. The molecule has 5 heteroatoms. The largest absolute Gasteiger partial charge is 0.393 e. The van der Waals surface area contributed by atoms with Crippen LogP contribution in [0.1, 0.15) is 32.3 Å². The number of hydrogen-bond acceptors (Lipinski definition) is 3. The first-order valence-corrected chi connectivity index (χ1v) is 7.19. The predicted molar refractivity (Wildman–Crippen MR) is 81.3 cm³/mol. The van der Waals surface area contributed by atoms with Gasteiger partial charge in [0.1, 0.15) is 6.04 Å². The van der Waals surface area contributed by atoms with E-state index < -0.39 is 18.1 Å². The molecular weight excluding hydrogens is 268 g/mol. The summed E-state index contributed by atoms with van der Waals surface area (Å²) in [5, 5.41) is 12.3. The van der Waals surface area contributed by atoms with E-state index in [2.05, 4.69) is 5.32 Å². The van der Waals surface area contributed by atoms with E-state index in [0.29, 0.717) is 18.8 Å². The van der Waals surface area contributed by atoms with E-state index in [1.54, 1.807) is 0 Å². The molecule has 0 heterocycles. The number of amides is 2. The van der Waals surface area contributed by atoms with Gasteiger partial charge in [0, 0.05) is 6.42 Å². The highest BCUT2D eigenvalue weighted by molar-refractivity contribution is 5.86. The Morgan fingerprint density at radius 3 is 2.38 bits per heavy atom. The summed E-state index contributed by atoms with van der Waals surface area (Å²) in [6.45, 7) is 3.95. The fourth-order valence-corrected chi connectivity index (χ4v) is 2.17. The number of nitrogens with one attached hydrogen (secondary N) is 1. The van der Waals surface area contributed by atoms with Crippen molar-refractivity contribution in [3.63, 3.8) is 0 Å². The molecule has 0 saturated carbocycles. The highest BCUT2D eigenvalue weighted by Gasteiger charge is 2.20. The minimum absolute atomic E-state index is 0.0171. The van der Waals surface area contributed by atoms with Gasteiger partial charge in [0.2, 0.25) is 11.8 Å². The molecule has 1 aromatic rings. The smallest absolute Gasteiger partial charge is 0.240 e. The maximum absolute atomic E-state index is 11.9. The van der Waals surface area contributed by atoms with Crippen LogP contribution in [0.4, 0.5) is 0 Å². The normalized spacial score (nSPS) is 13.7. The highest BCUT2D eigenvalue weighted by Crippen LogP contribution is 2.08. The third kappa shape index (κ3) is 6.90. The molecule has 0 unspecified atom stereocenters. The van der Waals surface area contributed by atoms with Crippen LogP contribution in [0.2, 0.25) is 0 Å². The lowest BCUT2D eigenvalue weighted by molar-refractivity contribution is -0.128. The Balaban J connectivity index is 2.54. The van der Waals surface area contributed by atoms with Crippen LogP contribution in [0.15, 0.2) is 30.3 Å². The second-order valence-corrected chi connectivity index (χ2v) is 5.70. The van der Waals surface area contributed by atoms with Crippen molar-refractivity contribution in [1.82, 2.24) is 5.32 Å². The van der Waals surface area contributed by atoms with E-state index in [1.807, 2.05) is 44.2 Å². The van der Waals surface area contributed by atoms with Crippen molar-refractivity contribution in [2.24, 2.45) is 11.7 Å². The fraction of sp³-hybridized carbons (Fsp3) is 0.500. The topological polar surface area (TPSA) is 92.4 Å². The summed E-state index contributed by atoms with van der Waals surface area (Å²) in [6, 6.07) is 8.59. The molecule has 0 aliphatic heterocycles. The van der Waals surface area contributed by atoms with Gasteiger partial charge in [-0.15, -0.1) is 0 Å². The SMILES string of the molecule is CC(C)C[C@H](O)CC(=O)N[C@@H](Cc1ccccc1)C(N)=O. The Kier molecular flexibility index (Phi) is 6.88. The van der Waals surface area contributed by atoms with E-state index in [4.69, 9.17) is 5.73 Å². The number of primary amides is 1. The van der Waals surface area contributed by atoms with Gasteiger partial charge in [0.15, 0.2) is 0 Å². The molecule has 5 nitrogen and oxygen atoms in total. The summed E-state index contributed by atoms with van der Waals surface area (Å²) < 4.78 is 0. The Morgan fingerprint density at radius 2 is 1.86 bits per heavy atom. The zero-order valence-electron chi connectivity index (χ0n) is 12.6. The van der Waals surface area contributed by atoms with E-state index in [1.165, 1.54) is 0 Å². The number of rotatable bonds is 8. The van der Waals surface area contributed by atoms with Crippen molar-refractivity contribution in [3.8, 4) is 0 Å². The van der Waals surface area contributed by atoms with Gasteiger partial charge in [-0.1, -0.05) is 44.2 Å². The lowest BCUT2D eigenvalue weighted by Gasteiger charge is -2.18. The molecule has 21 heavy (non-hydrogen) atoms. The molecule has 1 rings (SSSR count). The first-order chi connectivity index (χ1) is 9.88. The van der Waals surface area contributed by atoms with Crippen molar-refractivity contribution >= 4 is 11.8 Å². The molecule has 2 atom stereocenters. The molecule has 0 spiro atoms. The van der Waals surface area contributed by atoms with E-state index in [0.717, 1.165) is 5.56 Å². The average Bonchev–Trinajstić information content (AvgIpc) is 2.37. The second-order valence-electron chi connectivity index (χ2n) is 5.70. The minimum atomic E-state index is -0.758. The third-order valence-corrected chi connectivity index (χ3v) is 3.13. The van der Waals surface area contributed by atoms with Gasteiger partial charge in [-0.2, -0.15) is 0 Å². The van der Waals surface area contributed by atoms with E-state index in [-0.39, 0.29) is 12.3 Å². The highest BCUT2D eigenvalue weighted by atomic mass is 16.3. The van der Waals surface area contributed by atoms with Crippen LogP contribution < -0.4 is 11.1 Å². The van der Waals surface area contributed by atoms with Gasteiger partial charge in [0.25, 0.3) is 0 Å². The van der Waals surface area contributed by atoms with Gasteiger partial charge in [-0.3, -0.25) is 9.59 Å². The van der Waals surface area contributed by atoms with Crippen molar-refractivity contribution < 1.29 is 14.7 Å². The van der Waals surface area contributed by atoms with Crippen LogP contribution in [0.25, 0.3) is 0 Å². The molecule has 0 bridgehead atoms. The summed E-state index contributed by atoms with van der Waals surface area (Å²) in [5.74, 6) is -0.627. The second kappa shape index (κ2) is 8.42. The molecule has 0 radical (unpaired) electrons. The molecule has 0 fully saturated rings. The monoisotopic (exact) mass is 292 g/mol. The third-order valence-electron chi connectivity index (χ3n) is 3.13. The number of aliphatic hydroxyl groups excluding tert-OH is 1. The average molecular weight is 292 g/mol. The van der Waals surface area contributed by atoms with Crippen LogP contribution in [-0.4, -0.2) is 29.1 Å². The lowest BCUT2D eigenvalue weighted by Crippen LogP contribution is -2.46. The summed E-state index contributed by atoms with van der Waals surface area (Å²) in [4.78, 5) is 23.3. The number of carbonyl (C=O) groups excluding carboxylic acids is 2. The number of nitrogens with two attached hydrogens (primary N) is 1. The zero-order valence-corrected chi connectivity index (χ0v) is 12.6. The van der Waals surface area contributed by atoms with Crippen LogP contribution in [-0.2, 0) is 16.0 Å². The molecule has 0 saturated heterocycles. The Morgan fingerprint density at radius 1 is 1.24 bits per heavy atom. The summed E-state index contributed by atoms with van der Waals surface area (Å²) in [5.41, 5.74) is 6.25. The first kappa shape index (κ1) is 17.2. The molecule has 2 amide bonds. The van der Waals surface area contributed by atoms with Gasteiger partial charge >= 0.3 is 0 Å². The number of benzene rings is 1.